The van der Waals surface area contributed by atoms with Crippen LogP contribution >= 0.6 is 11.3 Å². The van der Waals surface area contributed by atoms with Gasteiger partial charge in [0, 0.05) is 11.1 Å². The summed E-state index contributed by atoms with van der Waals surface area (Å²) >= 11 is 1.25. The van der Waals surface area contributed by atoms with Crippen LogP contribution in [-0.4, -0.2) is 17.3 Å². The van der Waals surface area contributed by atoms with E-state index in [2.05, 4.69) is 0 Å². The molecule has 1 unspecified atom stereocenters. The minimum atomic E-state index is 0.123. The quantitative estimate of drug-likeness (QED) is 0.611. The van der Waals surface area contributed by atoms with Crippen molar-refractivity contribution in [2.24, 2.45) is 0 Å². The van der Waals surface area contributed by atoms with Gasteiger partial charge in [0.25, 0.3) is 0 Å². The summed E-state index contributed by atoms with van der Waals surface area (Å²) in [5.41, 5.74) is 1.04. The first-order valence-corrected chi connectivity index (χ1v) is 4.42. The maximum atomic E-state index is 11.1. The van der Waals surface area contributed by atoms with Crippen molar-refractivity contribution in [3.63, 3.8) is 0 Å². The Labute approximate surface area is 68.2 Å². The van der Waals surface area contributed by atoms with Gasteiger partial charge in [0.05, 0.1) is 19.3 Å². The van der Waals surface area contributed by atoms with Crippen molar-refractivity contribution in [3.8, 4) is 0 Å². The number of ether oxygens (including phenoxy) is 1. The molecule has 11 heavy (non-hydrogen) atoms. The summed E-state index contributed by atoms with van der Waals surface area (Å²) in [7, 11) is 0. The molecule has 0 spiro atoms. The van der Waals surface area contributed by atoms with Crippen molar-refractivity contribution in [2.75, 3.05) is 6.61 Å². The highest BCUT2D eigenvalue weighted by atomic mass is 32.1. The van der Waals surface area contributed by atoms with E-state index in [9.17, 15) is 4.79 Å². The van der Waals surface area contributed by atoms with Gasteiger partial charge in [-0.25, -0.2) is 0 Å². The fraction of sp³-hybridized carbons (Fsp3) is 0.571. The molecule has 1 aromatic rings. The molecule has 0 amide bonds. The maximum Gasteiger partial charge on any atom is 0.307 e. The molecule has 0 radical (unpaired) electrons. The first kappa shape index (κ1) is 7.06. The summed E-state index contributed by atoms with van der Waals surface area (Å²) in [5.74, 6) is 0. The highest BCUT2D eigenvalue weighted by Gasteiger charge is 2.23. The molecule has 1 aliphatic rings. The van der Waals surface area contributed by atoms with Crippen LogP contribution in [0.25, 0.3) is 0 Å². The zero-order valence-corrected chi connectivity index (χ0v) is 7.06. The van der Waals surface area contributed by atoms with E-state index in [1.54, 1.807) is 4.57 Å². The zero-order valence-electron chi connectivity index (χ0n) is 6.24. The van der Waals surface area contributed by atoms with E-state index in [1.165, 1.54) is 11.3 Å². The van der Waals surface area contributed by atoms with Crippen LogP contribution in [0.4, 0.5) is 0 Å². The van der Waals surface area contributed by atoms with Crippen LogP contribution in [0.3, 0.4) is 0 Å². The van der Waals surface area contributed by atoms with Crippen molar-refractivity contribution in [2.45, 2.75) is 19.6 Å². The molecule has 0 aromatic carbocycles. The minimum Gasteiger partial charge on any atom is -0.371 e. The summed E-state index contributed by atoms with van der Waals surface area (Å²) < 4.78 is 6.80. The molecular weight excluding hydrogens is 162 g/mol. The third kappa shape index (κ3) is 1.36. The van der Waals surface area contributed by atoms with Gasteiger partial charge in [-0.05, 0) is 6.92 Å². The summed E-state index contributed by atoms with van der Waals surface area (Å²) in [6.07, 6.45) is 0.293. The van der Waals surface area contributed by atoms with Gasteiger partial charge in [0.15, 0.2) is 0 Å². The number of hydrogen-bond donors (Lipinski definition) is 0. The van der Waals surface area contributed by atoms with Gasteiger partial charge in [-0.3, -0.25) is 4.79 Å². The topological polar surface area (TPSA) is 34.5 Å². The van der Waals surface area contributed by atoms with Crippen molar-refractivity contribution >= 4 is 11.3 Å². The molecule has 1 atom stereocenters. The Morgan fingerprint density at radius 1 is 1.91 bits per heavy atom. The van der Waals surface area contributed by atoms with Gasteiger partial charge in [0.1, 0.15) is 0 Å². The monoisotopic (exact) mass is 171 g/mol. The van der Waals surface area contributed by atoms with E-state index in [1.807, 2.05) is 12.3 Å². The Bertz CT molecular complexity index is 310. The zero-order chi connectivity index (χ0) is 7.84. The number of aromatic nitrogens is 1. The molecule has 1 saturated heterocycles. The third-order valence-corrected chi connectivity index (χ3v) is 2.65. The van der Waals surface area contributed by atoms with Gasteiger partial charge in [-0.15, -0.1) is 0 Å². The van der Waals surface area contributed by atoms with Crippen LogP contribution in [-0.2, 0) is 11.3 Å². The lowest BCUT2D eigenvalue weighted by Crippen LogP contribution is -2.17. The molecular formula is C7H9NO2S. The minimum absolute atomic E-state index is 0.123. The van der Waals surface area contributed by atoms with E-state index >= 15 is 0 Å². The Balaban J connectivity index is 2.26. The molecule has 2 rings (SSSR count). The van der Waals surface area contributed by atoms with E-state index in [-0.39, 0.29) is 4.87 Å². The van der Waals surface area contributed by atoms with Crippen LogP contribution in [0, 0.1) is 6.92 Å². The molecule has 1 fully saturated rings. The Morgan fingerprint density at radius 2 is 2.64 bits per heavy atom. The third-order valence-electron chi connectivity index (χ3n) is 1.77. The second-order valence-corrected chi connectivity index (χ2v) is 3.53. The van der Waals surface area contributed by atoms with Crippen molar-refractivity contribution in [1.82, 2.24) is 4.57 Å². The fourth-order valence-electron chi connectivity index (χ4n) is 1.00. The molecule has 4 heteroatoms. The van der Waals surface area contributed by atoms with Crippen LogP contribution in [0.5, 0.6) is 0 Å². The number of epoxide rings is 1. The lowest BCUT2D eigenvalue weighted by molar-refractivity contribution is 0.380. The smallest absolute Gasteiger partial charge is 0.307 e. The first-order chi connectivity index (χ1) is 5.27. The predicted octanol–water partition coefficient (Wildman–Crippen LogP) is 0.617. The van der Waals surface area contributed by atoms with Crippen LogP contribution in [0.1, 0.15) is 5.69 Å². The molecule has 0 saturated carbocycles. The Morgan fingerprint density at radius 3 is 3.09 bits per heavy atom. The number of hydrogen-bond acceptors (Lipinski definition) is 3. The molecule has 2 heterocycles. The summed E-state index contributed by atoms with van der Waals surface area (Å²) in [5, 5.41) is 1.88. The summed E-state index contributed by atoms with van der Waals surface area (Å²) in [4.78, 5) is 11.3. The number of aryl methyl sites for hydroxylation is 1. The predicted molar refractivity (Wildman–Crippen MR) is 43.1 cm³/mol. The average molecular weight is 171 g/mol. The highest BCUT2D eigenvalue weighted by molar-refractivity contribution is 7.07. The molecule has 0 N–H and O–H groups in total. The van der Waals surface area contributed by atoms with Gasteiger partial charge in [0.2, 0.25) is 0 Å². The maximum absolute atomic E-state index is 11.1. The lowest BCUT2D eigenvalue weighted by Gasteiger charge is -1.98. The Hall–Kier alpha value is -0.610. The number of thiazole rings is 1. The normalized spacial score (nSPS) is 22.1. The standard InChI is InChI=1S/C7H9NO2S/c1-5-4-11-7(9)8(5)2-6-3-10-6/h4,6H,2-3H2,1H3. The molecule has 1 aliphatic heterocycles. The van der Waals surface area contributed by atoms with Crippen molar-refractivity contribution < 1.29 is 4.74 Å². The molecule has 0 bridgehead atoms. The summed E-state index contributed by atoms with van der Waals surface area (Å²) in [6.45, 7) is 3.48. The Kier molecular flexibility index (Phi) is 1.58. The first-order valence-electron chi connectivity index (χ1n) is 3.54. The second kappa shape index (κ2) is 2.46. The van der Waals surface area contributed by atoms with E-state index in [4.69, 9.17) is 4.74 Å². The van der Waals surface area contributed by atoms with Crippen LogP contribution in [0.15, 0.2) is 10.2 Å². The second-order valence-electron chi connectivity index (χ2n) is 2.71. The van der Waals surface area contributed by atoms with E-state index in [0.717, 1.165) is 18.8 Å². The largest absolute Gasteiger partial charge is 0.371 e. The molecule has 60 valence electrons. The van der Waals surface area contributed by atoms with Crippen molar-refractivity contribution in [1.29, 1.82) is 0 Å². The SMILES string of the molecule is Cc1csc(=O)n1CC1CO1. The van der Waals surface area contributed by atoms with E-state index < -0.39 is 0 Å². The van der Waals surface area contributed by atoms with Crippen LogP contribution in [0.2, 0.25) is 0 Å². The average Bonchev–Trinajstić information content (AvgIpc) is 2.73. The van der Waals surface area contributed by atoms with Gasteiger partial charge >= 0.3 is 4.87 Å². The molecule has 3 nitrogen and oxygen atoms in total. The van der Waals surface area contributed by atoms with Gasteiger partial charge in [-0.2, -0.15) is 0 Å². The number of nitrogens with zero attached hydrogens (tertiary/aromatic N) is 1. The summed E-state index contributed by atoms with van der Waals surface area (Å²) in [6, 6.07) is 0. The number of rotatable bonds is 2. The van der Waals surface area contributed by atoms with Gasteiger partial charge in [-0.1, -0.05) is 11.3 Å². The molecule has 1 aromatic heterocycles. The van der Waals surface area contributed by atoms with Gasteiger partial charge < -0.3 is 9.30 Å². The highest BCUT2D eigenvalue weighted by Crippen LogP contribution is 2.12. The lowest BCUT2D eigenvalue weighted by atomic mass is 10.4. The fourth-order valence-corrected chi connectivity index (χ4v) is 1.75. The van der Waals surface area contributed by atoms with Crippen molar-refractivity contribution in [3.05, 3.63) is 20.7 Å². The van der Waals surface area contributed by atoms with E-state index in [0.29, 0.717) is 6.10 Å². The molecule has 0 aliphatic carbocycles. The van der Waals surface area contributed by atoms with Crippen LogP contribution < -0.4 is 4.87 Å².